The Labute approximate surface area is 146 Å². The van der Waals surface area contributed by atoms with Gasteiger partial charge in [0.2, 0.25) is 0 Å². The van der Waals surface area contributed by atoms with Crippen molar-refractivity contribution in [3.63, 3.8) is 0 Å². The lowest BCUT2D eigenvalue weighted by molar-refractivity contribution is -0.127. The lowest BCUT2D eigenvalue weighted by Crippen LogP contribution is -2.36. The minimum atomic E-state index is -0.589. The predicted molar refractivity (Wildman–Crippen MR) is 94.7 cm³/mol. The van der Waals surface area contributed by atoms with E-state index in [4.69, 9.17) is 16.3 Å². The highest BCUT2D eigenvalue weighted by molar-refractivity contribution is 6.30. The molecular weight excluding hydrogens is 326 g/mol. The van der Waals surface area contributed by atoms with Crippen molar-refractivity contribution >= 4 is 23.3 Å². The molecular formula is C19H20ClNO3. The van der Waals surface area contributed by atoms with Crippen LogP contribution in [0.4, 0.5) is 0 Å². The summed E-state index contributed by atoms with van der Waals surface area (Å²) in [5.74, 6) is 0.298. The van der Waals surface area contributed by atoms with Crippen molar-refractivity contribution in [2.75, 3.05) is 6.54 Å². The Balaban J connectivity index is 2.01. The van der Waals surface area contributed by atoms with E-state index in [0.29, 0.717) is 28.4 Å². The molecule has 24 heavy (non-hydrogen) atoms. The monoisotopic (exact) mass is 345 g/mol. The molecule has 0 unspecified atom stereocenters. The highest BCUT2D eigenvalue weighted by atomic mass is 35.5. The Kier molecular flexibility index (Phi) is 6.38. The van der Waals surface area contributed by atoms with Gasteiger partial charge in [-0.2, -0.15) is 0 Å². The smallest absolute Gasteiger partial charge is 0.260 e. The maximum absolute atomic E-state index is 12.4. The molecule has 0 saturated carbocycles. The zero-order chi connectivity index (χ0) is 17.5. The van der Waals surface area contributed by atoms with Crippen LogP contribution in [-0.4, -0.2) is 24.3 Å². The molecule has 1 atom stereocenters. The van der Waals surface area contributed by atoms with Crippen molar-refractivity contribution in [2.45, 2.75) is 26.4 Å². The molecule has 0 saturated heterocycles. The van der Waals surface area contributed by atoms with E-state index in [1.54, 1.807) is 55.5 Å². The summed E-state index contributed by atoms with van der Waals surface area (Å²) in [5, 5.41) is 3.37. The van der Waals surface area contributed by atoms with Gasteiger partial charge in [-0.05, 0) is 61.9 Å². The topological polar surface area (TPSA) is 55.4 Å². The molecule has 0 radical (unpaired) electrons. The second-order valence-electron chi connectivity index (χ2n) is 5.41. The number of nitrogens with one attached hydrogen (secondary N) is 1. The average Bonchev–Trinajstić information content (AvgIpc) is 2.60. The molecule has 0 aliphatic heterocycles. The van der Waals surface area contributed by atoms with Crippen molar-refractivity contribution < 1.29 is 14.3 Å². The number of hydrogen-bond acceptors (Lipinski definition) is 3. The number of benzene rings is 2. The standard InChI is InChI=1S/C19H20ClNO3/c1-3-12-21-19(23)13(2)24-17-10-6-15(7-11-17)18(22)14-4-8-16(20)9-5-14/h4-11,13H,3,12H2,1-2H3,(H,21,23)/t13-/m1/s1. The number of carbonyl (C=O) groups is 2. The lowest BCUT2D eigenvalue weighted by atomic mass is 10.0. The first-order valence-electron chi connectivity index (χ1n) is 7.86. The van der Waals surface area contributed by atoms with Crippen LogP contribution in [0, 0.1) is 0 Å². The van der Waals surface area contributed by atoms with Gasteiger partial charge < -0.3 is 10.1 Å². The van der Waals surface area contributed by atoms with Gasteiger partial charge in [0.05, 0.1) is 0 Å². The third-order valence-corrected chi connectivity index (χ3v) is 3.71. The molecule has 5 heteroatoms. The number of carbonyl (C=O) groups excluding carboxylic acids is 2. The lowest BCUT2D eigenvalue weighted by Gasteiger charge is -2.14. The fraction of sp³-hybridized carbons (Fsp3) is 0.263. The Morgan fingerprint density at radius 2 is 1.58 bits per heavy atom. The van der Waals surface area contributed by atoms with Crippen molar-refractivity contribution in [1.82, 2.24) is 5.32 Å². The number of halogens is 1. The predicted octanol–water partition coefficient (Wildman–Crippen LogP) is 3.86. The van der Waals surface area contributed by atoms with Crippen LogP contribution in [-0.2, 0) is 4.79 Å². The third-order valence-electron chi connectivity index (χ3n) is 3.45. The number of hydrogen-bond donors (Lipinski definition) is 1. The Morgan fingerprint density at radius 3 is 2.12 bits per heavy atom. The van der Waals surface area contributed by atoms with Crippen LogP contribution in [0.3, 0.4) is 0 Å². The number of rotatable bonds is 7. The van der Waals surface area contributed by atoms with E-state index in [9.17, 15) is 9.59 Å². The molecule has 0 aromatic heterocycles. The first-order chi connectivity index (χ1) is 11.5. The van der Waals surface area contributed by atoms with Gasteiger partial charge in [-0.3, -0.25) is 9.59 Å². The molecule has 126 valence electrons. The minimum Gasteiger partial charge on any atom is -0.481 e. The average molecular weight is 346 g/mol. The molecule has 2 aromatic rings. The number of amides is 1. The minimum absolute atomic E-state index is 0.0908. The first kappa shape index (κ1) is 18.0. The zero-order valence-corrected chi connectivity index (χ0v) is 14.5. The number of ketones is 1. The summed E-state index contributed by atoms with van der Waals surface area (Å²) >= 11 is 5.83. The van der Waals surface area contributed by atoms with Crippen LogP contribution in [0.25, 0.3) is 0 Å². The van der Waals surface area contributed by atoms with Crippen molar-refractivity contribution in [3.8, 4) is 5.75 Å². The highest BCUT2D eigenvalue weighted by Crippen LogP contribution is 2.18. The summed E-state index contributed by atoms with van der Waals surface area (Å²) in [5.41, 5.74) is 1.12. The van der Waals surface area contributed by atoms with Crippen molar-refractivity contribution in [1.29, 1.82) is 0 Å². The van der Waals surface area contributed by atoms with E-state index in [1.807, 2.05) is 6.92 Å². The van der Waals surface area contributed by atoms with Gasteiger partial charge in [-0.15, -0.1) is 0 Å². The maximum atomic E-state index is 12.4. The summed E-state index contributed by atoms with van der Waals surface area (Å²) in [7, 11) is 0. The Morgan fingerprint density at radius 1 is 1.04 bits per heavy atom. The SMILES string of the molecule is CCCNC(=O)[C@@H](C)Oc1ccc(C(=O)c2ccc(Cl)cc2)cc1. The van der Waals surface area contributed by atoms with E-state index < -0.39 is 6.10 Å². The summed E-state index contributed by atoms with van der Waals surface area (Å²) < 4.78 is 5.59. The molecule has 2 rings (SSSR count). The molecule has 0 fully saturated rings. The normalized spacial score (nSPS) is 11.6. The van der Waals surface area contributed by atoms with Gasteiger partial charge in [0, 0.05) is 22.7 Å². The molecule has 4 nitrogen and oxygen atoms in total. The van der Waals surface area contributed by atoms with E-state index in [-0.39, 0.29) is 11.7 Å². The van der Waals surface area contributed by atoms with Gasteiger partial charge in [-0.25, -0.2) is 0 Å². The Bertz CT molecular complexity index is 696. The van der Waals surface area contributed by atoms with Crippen LogP contribution in [0.15, 0.2) is 48.5 Å². The quantitative estimate of drug-likeness (QED) is 0.775. The Hall–Kier alpha value is -2.33. The second-order valence-corrected chi connectivity index (χ2v) is 5.85. The first-order valence-corrected chi connectivity index (χ1v) is 8.23. The summed E-state index contributed by atoms with van der Waals surface area (Å²) in [6.07, 6.45) is 0.286. The zero-order valence-electron chi connectivity index (χ0n) is 13.7. The maximum Gasteiger partial charge on any atom is 0.260 e. The molecule has 1 amide bonds. The van der Waals surface area contributed by atoms with E-state index >= 15 is 0 Å². The van der Waals surface area contributed by atoms with Gasteiger partial charge in [-0.1, -0.05) is 18.5 Å². The van der Waals surface area contributed by atoms with Crippen LogP contribution in [0.1, 0.15) is 36.2 Å². The molecule has 1 N–H and O–H groups in total. The van der Waals surface area contributed by atoms with Gasteiger partial charge in [0.25, 0.3) is 5.91 Å². The van der Waals surface area contributed by atoms with Crippen molar-refractivity contribution in [2.24, 2.45) is 0 Å². The fourth-order valence-corrected chi connectivity index (χ4v) is 2.23. The van der Waals surface area contributed by atoms with Crippen LogP contribution < -0.4 is 10.1 Å². The van der Waals surface area contributed by atoms with Gasteiger partial charge in [0.1, 0.15) is 5.75 Å². The van der Waals surface area contributed by atoms with Gasteiger partial charge in [0.15, 0.2) is 11.9 Å². The molecule has 0 bridgehead atoms. The molecule has 0 aliphatic rings. The van der Waals surface area contributed by atoms with Crippen LogP contribution in [0.2, 0.25) is 5.02 Å². The van der Waals surface area contributed by atoms with E-state index in [1.165, 1.54) is 0 Å². The van der Waals surface area contributed by atoms with E-state index in [0.717, 1.165) is 6.42 Å². The fourth-order valence-electron chi connectivity index (χ4n) is 2.10. The molecule has 0 heterocycles. The van der Waals surface area contributed by atoms with Crippen LogP contribution >= 0.6 is 11.6 Å². The summed E-state index contributed by atoms with van der Waals surface area (Å²) in [4.78, 5) is 24.2. The number of ether oxygens (including phenoxy) is 1. The van der Waals surface area contributed by atoms with Crippen molar-refractivity contribution in [3.05, 3.63) is 64.7 Å². The molecule has 0 spiro atoms. The van der Waals surface area contributed by atoms with Gasteiger partial charge >= 0.3 is 0 Å². The van der Waals surface area contributed by atoms with E-state index in [2.05, 4.69) is 5.32 Å². The molecule has 0 aliphatic carbocycles. The van der Waals surface area contributed by atoms with Crippen LogP contribution in [0.5, 0.6) is 5.75 Å². The largest absolute Gasteiger partial charge is 0.481 e. The third kappa shape index (κ3) is 4.83. The second kappa shape index (κ2) is 8.50. The summed E-state index contributed by atoms with van der Waals surface area (Å²) in [6, 6.07) is 13.5. The summed E-state index contributed by atoms with van der Waals surface area (Å²) in [6.45, 7) is 4.31. The highest BCUT2D eigenvalue weighted by Gasteiger charge is 2.14. The molecule has 2 aromatic carbocycles.